The smallest absolute Gasteiger partial charge is 0.393 e. The zero-order chi connectivity index (χ0) is 39.9. The van der Waals surface area contributed by atoms with Gasteiger partial charge < -0.3 is 9.47 Å². The van der Waals surface area contributed by atoms with Gasteiger partial charge in [0.15, 0.2) is 6.61 Å². The van der Waals surface area contributed by atoms with E-state index in [1.54, 1.807) is 12.1 Å². The summed E-state index contributed by atoms with van der Waals surface area (Å²) in [5.41, 5.74) is 8.22. The van der Waals surface area contributed by atoms with Gasteiger partial charge in [-0.25, -0.2) is 21.6 Å². The molecule has 5 aromatic rings. The van der Waals surface area contributed by atoms with Gasteiger partial charge in [0.05, 0.1) is 4.90 Å². The van der Waals surface area contributed by atoms with Crippen LogP contribution >= 0.6 is 0 Å². The first kappa shape index (κ1) is 39.3. The number of rotatable bonds is 11. The summed E-state index contributed by atoms with van der Waals surface area (Å²) in [5.74, 6) is -0.428. The number of fused-ring (bicyclic) bond motifs is 2. The van der Waals surface area contributed by atoms with E-state index in [1.807, 2.05) is 101 Å². The molecule has 0 aliphatic carbocycles. The maximum atomic E-state index is 15.0. The minimum absolute atomic E-state index is 0.0435. The van der Waals surface area contributed by atoms with Crippen LogP contribution in [0.15, 0.2) is 114 Å². The van der Waals surface area contributed by atoms with Gasteiger partial charge in [0.25, 0.3) is 20.0 Å². The third-order valence-corrected chi connectivity index (χ3v) is 13.1. The highest BCUT2D eigenvalue weighted by molar-refractivity contribution is 8.05. The first-order chi connectivity index (χ1) is 25.9. The standard InChI is InChI=1S/C43H39F2NO7S2/c1-26(2)42(47)52-25-43(44,45)55(50,51)46-54(48,49)40-16-8-7-15-35(40)41-33-19-17-31(21-36-27(3)11-9-12-28(36)4)23-38(33)53-39-24-32(18-20-34(39)41)22-37-29(5)13-10-14-30(37)6/h7-21,23-24,46H,1,22,25H2,2-6H3/b31-21+. The summed E-state index contributed by atoms with van der Waals surface area (Å²) < 4.78 is 95.6. The Hall–Kier alpha value is -5.43. The van der Waals surface area contributed by atoms with Crippen molar-refractivity contribution < 1.29 is 39.9 Å². The van der Waals surface area contributed by atoms with E-state index in [2.05, 4.69) is 11.3 Å². The van der Waals surface area contributed by atoms with Gasteiger partial charge in [0.2, 0.25) is 0 Å². The van der Waals surface area contributed by atoms with Gasteiger partial charge in [0.1, 0.15) is 11.5 Å². The van der Waals surface area contributed by atoms with Crippen molar-refractivity contribution >= 4 is 37.7 Å². The van der Waals surface area contributed by atoms with Crippen molar-refractivity contribution in [3.8, 4) is 11.5 Å². The Morgan fingerprint density at radius 1 is 0.800 bits per heavy atom. The molecule has 0 bridgehead atoms. The van der Waals surface area contributed by atoms with Crippen LogP contribution in [0, 0.1) is 27.7 Å². The van der Waals surface area contributed by atoms with Gasteiger partial charge in [-0.3, -0.25) is 0 Å². The molecule has 12 heteroatoms. The predicted octanol–water partition coefficient (Wildman–Crippen LogP) is 7.01. The van der Waals surface area contributed by atoms with E-state index in [9.17, 15) is 30.4 Å². The number of carbonyl (C=O) groups is 1. The lowest BCUT2D eigenvalue weighted by Gasteiger charge is -2.24. The molecule has 55 heavy (non-hydrogen) atoms. The van der Waals surface area contributed by atoms with Crippen LogP contribution in [0.3, 0.4) is 0 Å². The highest BCUT2D eigenvalue weighted by atomic mass is 32.3. The molecule has 1 aliphatic rings. The van der Waals surface area contributed by atoms with Crippen molar-refractivity contribution in [3.05, 3.63) is 170 Å². The second-order valence-electron chi connectivity index (χ2n) is 13.6. The molecule has 0 saturated heterocycles. The Morgan fingerprint density at radius 2 is 1.44 bits per heavy atom. The Labute approximate surface area is 319 Å². The minimum atomic E-state index is -5.96. The molecule has 0 atom stereocenters. The minimum Gasteiger partial charge on any atom is -0.456 e. The van der Waals surface area contributed by atoms with Crippen LogP contribution in [-0.2, 0) is 36.0 Å². The number of carbonyl (C=O) groups excluding carboxylic acids is 1. The number of aryl methyl sites for hydroxylation is 4. The molecule has 1 heterocycles. The predicted molar refractivity (Wildman–Crippen MR) is 208 cm³/mol. The molecule has 0 radical (unpaired) electrons. The third-order valence-electron chi connectivity index (χ3n) is 9.47. The molecule has 1 aliphatic heterocycles. The number of ether oxygens (including phenoxy) is 2. The van der Waals surface area contributed by atoms with E-state index in [1.165, 1.54) is 23.2 Å². The van der Waals surface area contributed by atoms with Crippen LogP contribution < -0.4 is 19.3 Å². The summed E-state index contributed by atoms with van der Waals surface area (Å²) in [7, 11) is -11.2. The molecule has 0 amide bonds. The third kappa shape index (κ3) is 8.02. The van der Waals surface area contributed by atoms with E-state index in [0.717, 1.165) is 50.2 Å². The van der Waals surface area contributed by atoms with Gasteiger partial charge in [-0.1, -0.05) is 83.5 Å². The number of nitrogens with one attached hydrogen (secondary N) is 1. The van der Waals surface area contributed by atoms with Crippen molar-refractivity contribution in [1.82, 2.24) is 4.13 Å². The highest BCUT2D eigenvalue weighted by Crippen LogP contribution is 2.39. The van der Waals surface area contributed by atoms with Gasteiger partial charge in [-0.15, -0.1) is 0 Å². The average molecular weight is 784 g/mol. The average Bonchev–Trinajstić information content (AvgIpc) is 3.12. The van der Waals surface area contributed by atoms with Gasteiger partial charge >= 0.3 is 11.2 Å². The van der Waals surface area contributed by atoms with Crippen LogP contribution in [-0.4, -0.2) is 34.7 Å². The van der Waals surface area contributed by atoms with Crippen LogP contribution in [0.2, 0.25) is 0 Å². The molecule has 5 aromatic carbocycles. The van der Waals surface area contributed by atoms with Crippen LogP contribution in [0.4, 0.5) is 8.78 Å². The number of hydrogen-bond acceptors (Lipinski definition) is 7. The molecule has 0 aromatic heterocycles. The van der Waals surface area contributed by atoms with E-state index in [0.29, 0.717) is 34.3 Å². The fourth-order valence-corrected chi connectivity index (χ4v) is 9.44. The number of sulfonamides is 2. The van der Waals surface area contributed by atoms with Gasteiger partial charge in [-0.2, -0.15) is 8.78 Å². The maximum absolute atomic E-state index is 15.0. The topological polar surface area (TPSA) is 116 Å². The Kier molecular flexibility index (Phi) is 10.7. The second kappa shape index (κ2) is 15.0. The second-order valence-corrected chi connectivity index (χ2v) is 17.4. The van der Waals surface area contributed by atoms with Crippen molar-refractivity contribution in [2.75, 3.05) is 6.61 Å². The molecule has 284 valence electrons. The first-order valence-electron chi connectivity index (χ1n) is 17.2. The van der Waals surface area contributed by atoms with Crippen molar-refractivity contribution in [1.29, 1.82) is 0 Å². The molecule has 0 unspecified atom stereocenters. The Bertz CT molecular complexity index is 2700. The quantitative estimate of drug-likeness (QED) is 0.111. The monoisotopic (exact) mass is 783 g/mol. The van der Waals surface area contributed by atoms with Crippen molar-refractivity contribution in [2.24, 2.45) is 0 Å². The molecular formula is C43H39F2NO7S2. The first-order valence-corrected chi connectivity index (χ1v) is 20.2. The maximum Gasteiger partial charge on any atom is 0.393 e. The van der Waals surface area contributed by atoms with E-state index >= 15 is 0 Å². The number of hydrogen-bond donors (Lipinski definition) is 1. The van der Waals surface area contributed by atoms with Crippen LogP contribution in [0.25, 0.3) is 11.6 Å². The summed E-state index contributed by atoms with van der Waals surface area (Å²) in [6, 6.07) is 28.7. The number of halogens is 2. The molecule has 8 nitrogen and oxygen atoms in total. The summed E-state index contributed by atoms with van der Waals surface area (Å²) >= 11 is 0. The van der Waals surface area contributed by atoms with Crippen LogP contribution in [0.5, 0.6) is 11.5 Å². The molecule has 0 fully saturated rings. The summed E-state index contributed by atoms with van der Waals surface area (Å²) in [4.78, 5) is 11.1. The molecule has 0 saturated carbocycles. The molecule has 1 N–H and O–H groups in total. The summed E-state index contributed by atoms with van der Waals surface area (Å²) in [5, 5.41) is -3.50. The lowest BCUT2D eigenvalue weighted by molar-refractivity contribution is -0.144. The Balaban J connectivity index is 1.51. The molecular weight excluding hydrogens is 745 g/mol. The zero-order valence-electron chi connectivity index (χ0n) is 30.9. The lowest BCUT2D eigenvalue weighted by Crippen LogP contribution is -2.45. The fourth-order valence-electron chi connectivity index (χ4n) is 6.50. The van der Waals surface area contributed by atoms with Gasteiger partial charge in [0, 0.05) is 27.5 Å². The lowest BCUT2D eigenvalue weighted by atomic mass is 9.90. The van der Waals surface area contributed by atoms with Crippen LogP contribution in [0.1, 0.15) is 57.0 Å². The van der Waals surface area contributed by atoms with Crippen molar-refractivity contribution in [2.45, 2.75) is 51.2 Å². The highest BCUT2D eigenvalue weighted by Gasteiger charge is 2.49. The SMILES string of the molecule is C=C(C)C(=O)OCC(F)(F)S(=O)(=O)NS(=O)(=O)c1ccccc1C1=c2cc/c(=C\c3c(C)cccc3C)cc2Oc2cc(Cc3c(C)cccc3C)ccc21. The molecule has 6 rings (SSSR count). The summed E-state index contributed by atoms with van der Waals surface area (Å²) in [6.07, 6.45) is 2.63. The number of esters is 1. The van der Waals surface area contributed by atoms with E-state index < -0.39 is 42.8 Å². The summed E-state index contributed by atoms with van der Waals surface area (Å²) in [6.45, 7) is 10.7. The normalized spacial score (nSPS) is 13.1. The van der Waals surface area contributed by atoms with Gasteiger partial charge in [-0.05, 0) is 116 Å². The Morgan fingerprint density at radius 3 is 2.09 bits per heavy atom. The molecule has 0 spiro atoms. The largest absolute Gasteiger partial charge is 0.456 e. The van der Waals surface area contributed by atoms with E-state index in [-0.39, 0.29) is 11.1 Å². The number of benzene rings is 5. The van der Waals surface area contributed by atoms with Crippen molar-refractivity contribution in [3.63, 3.8) is 0 Å². The zero-order valence-corrected chi connectivity index (χ0v) is 32.5. The van der Waals surface area contributed by atoms with E-state index in [4.69, 9.17) is 4.74 Å². The number of alkyl halides is 2. The fraction of sp³-hybridized carbons (Fsp3) is 0.186.